The van der Waals surface area contributed by atoms with Crippen LogP contribution in [0.3, 0.4) is 0 Å². The van der Waals surface area contributed by atoms with E-state index in [0.717, 1.165) is 25.5 Å². The summed E-state index contributed by atoms with van der Waals surface area (Å²) in [6, 6.07) is 1.28. The zero-order chi connectivity index (χ0) is 14.7. The molecule has 1 N–H and O–H groups in total. The van der Waals surface area contributed by atoms with Crippen molar-refractivity contribution in [3.8, 4) is 0 Å². The highest BCUT2D eigenvalue weighted by Gasteiger charge is 2.30. The summed E-state index contributed by atoms with van der Waals surface area (Å²) < 4.78 is 0. The lowest BCUT2D eigenvalue weighted by Gasteiger charge is -2.19. The third-order valence-electron chi connectivity index (χ3n) is 3.36. The van der Waals surface area contributed by atoms with Crippen molar-refractivity contribution in [1.29, 1.82) is 0 Å². The van der Waals surface area contributed by atoms with Gasteiger partial charge in [-0.2, -0.15) is 11.8 Å². The number of nitro groups is 1. The molecule has 1 fully saturated rings. The Balaban J connectivity index is 2.20. The molecule has 1 heterocycles. The third-order valence-corrected chi connectivity index (χ3v) is 4.74. The van der Waals surface area contributed by atoms with E-state index in [-0.39, 0.29) is 22.4 Å². The molecule has 1 saturated carbocycles. The standard InChI is InChI=1S/C12H14ClN3O3S/c1-20-10-4-2-3-8(10)15-12(17)7-5-11(13)14-6-9(7)16(18)19/h5-6,8,10H,2-4H2,1H3,(H,15,17). The average Bonchev–Trinajstić information content (AvgIpc) is 2.85. The van der Waals surface area contributed by atoms with E-state index in [9.17, 15) is 14.9 Å². The number of nitrogens with one attached hydrogen (secondary N) is 1. The van der Waals surface area contributed by atoms with Crippen molar-refractivity contribution in [3.05, 3.63) is 33.1 Å². The Morgan fingerprint density at radius 1 is 1.60 bits per heavy atom. The number of thioether (sulfide) groups is 1. The van der Waals surface area contributed by atoms with Crippen LogP contribution in [-0.2, 0) is 0 Å². The Labute approximate surface area is 125 Å². The Kier molecular flexibility index (Phi) is 4.82. The number of carbonyl (C=O) groups excluding carboxylic acids is 1. The zero-order valence-electron chi connectivity index (χ0n) is 10.8. The monoisotopic (exact) mass is 315 g/mol. The molecule has 2 rings (SSSR count). The topological polar surface area (TPSA) is 85.1 Å². The van der Waals surface area contributed by atoms with E-state index in [2.05, 4.69) is 10.3 Å². The summed E-state index contributed by atoms with van der Waals surface area (Å²) in [6.45, 7) is 0. The maximum Gasteiger partial charge on any atom is 0.300 e. The van der Waals surface area contributed by atoms with Gasteiger partial charge >= 0.3 is 0 Å². The molecular weight excluding hydrogens is 302 g/mol. The molecule has 0 spiro atoms. The molecule has 0 saturated heterocycles. The number of rotatable bonds is 4. The Morgan fingerprint density at radius 2 is 2.35 bits per heavy atom. The zero-order valence-corrected chi connectivity index (χ0v) is 12.4. The summed E-state index contributed by atoms with van der Waals surface area (Å²) in [4.78, 5) is 26.2. The highest BCUT2D eigenvalue weighted by Crippen LogP contribution is 2.29. The smallest absolute Gasteiger partial charge is 0.300 e. The van der Waals surface area contributed by atoms with Crippen molar-refractivity contribution >= 4 is 35.0 Å². The lowest BCUT2D eigenvalue weighted by Crippen LogP contribution is -2.38. The van der Waals surface area contributed by atoms with Gasteiger partial charge in [-0.1, -0.05) is 18.0 Å². The number of pyridine rings is 1. The summed E-state index contributed by atoms with van der Waals surface area (Å²) >= 11 is 7.42. The summed E-state index contributed by atoms with van der Waals surface area (Å²) in [5, 5.41) is 14.2. The molecule has 2 unspecified atom stereocenters. The maximum absolute atomic E-state index is 12.2. The van der Waals surface area contributed by atoms with Gasteiger partial charge in [0.15, 0.2) is 0 Å². The SMILES string of the molecule is CSC1CCCC1NC(=O)c1cc(Cl)ncc1[N+](=O)[O-]. The number of carbonyl (C=O) groups is 1. The van der Waals surface area contributed by atoms with Gasteiger partial charge in [-0.3, -0.25) is 14.9 Å². The molecular formula is C12H14ClN3O3S. The maximum atomic E-state index is 12.2. The lowest BCUT2D eigenvalue weighted by molar-refractivity contribution is -0.385. The second-order valence-corrected chi connectivity index (χ2v) is 6.03. The summed E-state index contributed by atoms with van der Waals surface area (Å²) in [7, 11) is 0. The Morgan fingerprint density at radius 3 is 3.00 bits per heavy atom. The van der Waals surface area contributed by atoms with Crippen molar-refractivity contribution < 1.29 is 9.72 Å². The third kappa shape index (κ3) is 3.21. The summed E-state index contributed by atoms with van der Waals surface area (Å²) in [5.74, 6) is -0.466. The van der Waals surface area contributed by atoms with Gasteiger partial charge in [-0.15, -0.1) is 0 Å². The van der Waals surface area contributed by atoms with Crippen LogP contribution in [0.25, 0.3) is 0 Å². The first-order valence-corrected chi connectivity index (χ1v) is 7.83. The second kappa shape index (κ2) is 6.41. The van der Waals surface area contributed by atoms with E-state index in [1.165, 1.54) is 6.07 Å². The molecule has 1 aromatic rings. The minimum Gasteiger partial charge on any atom is -0.348 e. The number of amides is 1. The fourth-order valence-electron chi connectivity index (χ4n) is 2.37. The fraction of sp³-hybridized carbons (Fsp3) is 0.500. The van der Waals surface area contributed by atoms with Gasteiger partial charge in [0.1, 0.15) is 16.9 Å². The molecule has 8 heteroatoms. The van der Waals surface area contributed by atoms with E-state index in [0.29, 0.717) is 5.25 Å². The van der Waals surface area contributed by atoms with Crippen LogP contribution >= 0.6 is 23.4 Å². The average molecular weight is 316 g/mol. The molecule has 108 valence electrons. The first-order chi connectivity index (χ1) is 9.52. The minimum absolute atomic E-state index is 0.0400. The van der Waals surface area contributed by atoms with Crippen LogP contribution in [0, 0.1) is 10.1 Å². The Hall–Kier alpha value is -1.34. The van der Waals surface area contributed by atoms with Gasteiger partial charge in [0, 0.05) is 11.3 Å². The molecule has 1 aliphatic rings. The van der Waals surface area contributed by atoms with Gasteiger partial charge in [-0.05, 0) is 25.2 Å². The van der Waals surface area contributed by atoms with Crippen molar-refractivity contribution in [3.63, 3.8) is 0 Å². The number of nitrogens with zero attached hydrogens (tertiary/aromatic N) is 2. The van der Waals surface area contributed by atoms with E-state index in [4.69, 9.17) is 11.6 Å². The van der Waals surface area contributed by atoms with Crippen LogP contribution in [0.2, 0.25) is 5.15 Å². The molecule has 20 heavy (non-hydrogen) atoms. The van der Waals surface area contributed by atoms with E-state index >= 15 is 0 Å². The molecule has 6 nitrogen and oxygen atoms in total. The van der Waals surface area contributed by atoms with Gasteiger partial charge in [-0.25, -0.2) is 4.98 Å². The fourth-order valence-corrected chi connectivity index (χ4v) is 3.46. The van der Waals surface area contributed by atoms with E-state index in [1.807, 2.05) is 6.26 Å². The van der Waals surface area contributed by atoms with E-state index in [1.54, 1.807) is 11.8 Å². The molecule has 0 aromatic carbocycles. The molecule has 0 bridgehead atoms. The van der Waals surface area contributed by atoms with Gasteiger partial charge in [0.05, 0.1) is 4.92 Å². The highest BCUT2D eigenvalue weighted by molar-refractivity contribution is 7.99. The molecule has 1 aliphatic carbocycles. The van der Waals surface area contributed by atoms with Crippen molar-refractivity contribution in [2.45, 2.75) is 30.6 Å². The Bertz CT molecular complexity index is 541. The molecule has 2 atom stereocenters. The minimum atomic E-state index is -0.626. The van der Waals surface area contributed by atoms with Crippen LogP contribution in [0.15, 0.2) is 12.3 Å². The predicted molar refractivity (Wildman–Crippen MR) is 78.3 cm³/mol. The normalized spacial score (nSPS) is 21.7. The highest BCUT2D eigenvalue weighted by atomic mass is 35.5. The number of aromatic nitrogens is 1. The summed E-state index contributed by atoms with van der Waals surface area (Å²) in [6.07, 6.45) is 6.00. The van der Waals surface area contributed by atoms with Gasteiger partial charge < -0.3 is 5.32 Å². The molecule has 0 aliphatic heterocycles. The van der Waals surface area contributed by atoms with Crippen LogP contribution in [0.4, 0.5) is 5.69 Å². The van der Waals surface area contributed by atoms with Gasteiger partial charge in [0.25, 0.3) is 11.6 Å². The van der Waals surface area contributed by atoms with Crippen LogP contribution in [0.5, 0.6) is 0 Å². The lowest BCUT2D eigenvalue weighted by atomic mass is 10.2. The molecule has 1 amide bonds. The number of hydrogen-bond donors (Lipinski definition) is 1. The van der Waals surface area contributed by atoms with Crippen LogP contribution < -0.4 is 5.32 Å². The summed E-state index contributed by atoms with van der Waals surface area (Å²) in [5.41, 5.74) is -0.368. The second-order valence-electron chi connectivity index (χ2n) is 4.57. The molecule has 0 radical (unpaired) electrons. The van der Waals surface area contributed by atoms with Crippen molar-refractivity contribution in [1.82, 2.24) is 10.3 Å². The number of halogens is 1. The van der Waals surface area contributed by atoms with Crippen molar-refractivity contribution in [2.75, 3.05) is 6.26 Å². The van der Waals surface area contributed by atoms with Crippen molar-refractivity contribution in [2.24, 2.45) is 0 Å². The van der Waals surface area contributed by atoms with Crippen LogP contribution in [0.1, 0.15) is 29.6 Å². The molecule has 1 aromatic heterocycles. The number of hydrogen-bond acceptors (Lipinski definition) is 5. The van der Waals surface area contributed by atoms with Crippen LogP contribution in [-0.4, -0.2) is 33.4 Å². The largest absolute Gasteiger partial charge is 0.348 e. The first-order valence-electron chi connectivity index (χ1n) is 6.16. The van der Waals surface area contributed by atoms with E-state index < -0.39 is 10.8 Å². The van der Waals surface area contributed by atoms with Gasteiger partial charge in [0.2, 0.25) is 0 Å². The first kappa shape index (κ1) is 15.1. The predicted octanol–water partition coefficient (Wildman–Crippen LogP) is 2.66. The quantitative estimate of drug-likeness (QED) is 0.524.